The summed E-state index contributed by atoms with van der Waals surface area (Å²) in [6, 6.07) is 8.07. The van der Waals surface area contributed by atoms with Crippen LogP contribution < -0.4 is 5.32 Å². The molecule has 4 heteroatoms. The molecule has 0 fully saturated rings. The minimum atomic E-state index is 0. The molecular formula is C10H12ClNOS. The highest BCUT2D eigenvalue weighted by atomic mass is 35.5. The predicted molar refractivity (Wildman–Crippen MR) is 60.8 cm³/mol. The molecule has 2 heterocycles. The van der Waals surface area contributed by atoms with Crippen LogP contribution in [0.2, 0.25) is 0 Å². The molecule has 0 aliphatic heterocycles. The van der Waals surface area contributed by atoms with Crippen LogP contribution in [0.15, 0.2) is 40.3 Å². The number of thiophene rings is 1. The van der Waals surface area contributed by atoms with Crippen molar-refractivity contribution in [2.24, 2.45) is 0 Å². The highest BCUT2D eigenvalue weighted by molar-refractivity contribution is 7.09. The van der Waals surface area contributed by atoms with E-state index < -0.39 is 0 Å². The van der Waals surface area contributed by atoms with Crippen molar-refractivity contribution in [3.8, 4) is 0 Å². The van der Waals surface area contributed by atoms with Crippen molar-refractivity contribution < 1.29 is 4.42 Å². The molecule has 2 aromatic heterocycles. The molecule has 0 amide bonds. The van der Waals surface area contributed by atoms with Crippen molar-refractivity contribution in [1.82, 2.24) is 5.32 Å². The first-order chi connectivity index (χ1) is 6.45. The molecule has 0 atom stereocenters. The van der Waals surface area contributed by atoms with Crippen molar-refractivity contribution >= 4 is 23.7 Å². The number of hydrogen-bond acceptors (Lipinski definition) is 3. The van der Waals surface area contributed by atoms with Gasteiger partial charge >= 0.3 is 0 Å². The van der Waals surface area contributed by atoms with E-state index in [1.807, 2.05) is 12.1 Å². The molecule has 0 saturated heterocycles. The zero-order chi connectivity index (χ0) is 8.93. The fourth-order valence-corrected chi connectivity index (χ4v) is 1.81. The Hall–Kier alpha value is -0.770. The summed E-state index contributed by atoms with van der Waals surface area (Å²) in [6.45, 7) is 1.71. The summed E-state index contributed by atoms with van der Waals surface area (Å²) in [6.07, 6.45) is 1.70. The Bertz CT molecular complexity index is 297. The quantitative estimate of drug-likeness (QED) is 0.872. The van der Waals surface area contributed by atoms with E-state index in [-0.39, 0.29) is 12.4 Å². The van der Waals surface area contributed by atoms with Gasteiger partial charge in [-0.2, -0.15) is 0 Å². The molecule has 2 aromatic rings. The summed E-state index contributed by atoms with van der Waals surface area (Å²) in [4.78, 5) is 1.35. The third-order valence-corrected chi connectivity index (χ3v) is 2.64. The van der Waals surface area contributed by atoms with E-state index in [1.54, 1.807) is 17.6 Å². The maximum atomic E-state index is 5.19. The molecule has 0 aliphatic carbocycles. The Morgan fingerprint density at radius 2 is 2.14 bits per heavy atom. The Labute approximate surface area is 93.4 Å². The summed E-state index contributed by atoms with van der Waals surface area (Å²) < 4.78 is 5.19. The van der Waals surface area contributed by atoms with Crippen LogP contribution in [-0.2, 0) is 13.1 Å². The molecule has 14 heavy (non-hydrogen) atoms. The van der Waals surface area contributed by atoms with Gasteiger partial charge in [-0.25, -0.2) is 0 Å². The Morgan fingerprint density at radius 3 is 2.79 bits per heavy atom. The maximum absolute atomic E-state index is 5.19. The normalized spacial score (nSPS) is 9.71. The summed E-state index contributed by atoms with van der Waals surface area (Å²) in [7, 11) is 0. The predicted octanol–water partition coefficient (Wildman–Crippen LogP) is 3.05. The number of furan rings is 1. The molecule has 0 unspecified atom stereocenters. The first kappa shape index (κ1) is 11.3. The van der Waals surface area contributed by atoms with Crippen LogP contribution in [0.25, 0.3) is 0 Å². The van der Waals surface area contributed by atoms with E-state index in [9.17, 15) is 0 Å². The second-order valence-corrected chi connectivity index (χ2v) is 3.79. The highest BCUT2D eigenvalue weighted by Gasteiger charge is 1.95. The Balaban J connectivity index is 0.000000980. The van der Waals surface area contributed by atoms with E-state index >= 15 is 0 Å². The molecule has 0 radical (unpaired) electrons. The van der Waals surface area contributed by atoms with Crippen LogP contribution in [0.5, 0.6) is 0 Å². The van der Waals surface area contributed by atoms with Crippen molar-refractivity contribution in [1.29, 1.82) is 0 Å². The molecular weight excluding hydrogens is 218 g/mol. The average molecular weight is 230 g/mol. The molecule has 0 aromatic carbocycles. The van der Waals surface area contributed by atoms with Crippen LogP contribution in [0.3, 0.4) is 0 Å². The highest BCUT2D eigenvalue weighted by Crippen LogP contribution is 2.08. The van der Waals surface area contributed by atoms with Gasteiger partial charge in [0.15, 0.2) is 0 Å². The first-order valence-electron chi connectivity index (χ1n) is 4.20. The lowest BCUT2D eigenvalue weighted by Crippen LogP contribution is -2.10. The number of rotatable bonds is 4. The first-order valence-corrected chi connectivity index (χ1v) is 5.08. The third-order valence-electron chi connectivity index (χ3n) is 1.76. The van der Waals surface area contributed by atoms with Crippen LogP contribution in [-0.4, -0.2) is 0 Å². The molecule has 0 saturated carbocycles. The van der Waals surface area contributed by atoms with E-state index in [0.717, 1.165) is 18.8 Å². The molecule has 76 valence electrons. The van der Waals surface area contributed by atoms with E-state index in [4.69, 9.17) is 4.42 Å². The van der Waals surface area contributed by atoms with Gasteiger partial charge in [-0.15, -0.1) is 23.7 Å². The van der Waals surface area contributed by atoms with Crippen LogP contribution >= 0.6 is 23.7 Å². The van der Waals surface area contributed by atoms with Crippen molar-refractivity contribution in [2.75, 3.05) is 0 Å². The summed E-state index contributed by atoms with van der Waals surface area (Å²) in [5, 5.41) is 5.39. The van der Waals surface area contributed by atoms with Crippen LogP contribution in [0.4, 0.5) is 0 Å². The zero-order valence-corrected chi connectivity index (χ0v) is 9.24. The number of hydrogen-bond donors (Lipinski definition) is 1. The molecule has 0 spiro atoms. The van der Waals surface area contributed by atoms with Gasteiger partial charge in [-0.1, -0.05) is 6.07 Å². The minimum absolute atomic E-state index is 0. The standard InChI is InChI=1S/C10H11NOS.ClH/c1-3-9(12-5-1)7-11-8-10-4-2-6-13-10;/h1-6,11H,7-8H2;1H. The zero-order valence-electron chi connectivity index (χ0n) is 7.60. The molecule has 1 N–H and O–H groups in total. The fourth-order valence-electron chi connectivity index (χ4n) is 1.14. The Morgan fingerprint density at radius 1 is 1.21 bits per heavy atom. The second-order valence-electron chi connectivity index (χ2n) is 2.76. The average Bonchev–Trinajstić information content (AvgIpc) is 2.75. The number of nitrogens with one attached hydrogen (secondary N) is 1. The summed E-state index contributed by atoms with van der Waals surface area (Å²) in [5.41, 5.74) is 0. The van der Waals surface area contributed by atoms with Crippen LogP contribution in [0.1, 0.15) is 10.6 Å². The Kier molecular flexibility index (Phi) is 4.73. The fraction of sp³-hybridized carbons (Fsp3) is 0.200. The number of halogens is 1. The van der Waals surface area contributed by atoms with E-state index in [1.165, 1.54) is 4.88 Å². The van der Waals surface area contributed by atoms with Crippen molar-refractivity contribution in [2.45, 2.75) is 13.1 Å². The second kappa shape index (κ2) is 5.86. The van der Waals surface area contributed by atoms with Gasteiger partial charge in [0.05, 0.1) is 12.8 Å². The van der Waals surface area contributed by atoms with Crippen LogP contribution in [0, 0.1) is 0 Å². The monoisotopic (exact) mass is 229 g/mol. The van der Waals surface area contributed by atoms with Crippen molar-refractivity contribution in [3.63, 3.8) is 0 Å². The molecule has 2 rings (SSSR count). The largest absolute Gasteiger partial charge is 0.468 e. The lowest BCUT2D eigenvalue weighted by atomic mass is 10.4. The smallest absolute Gasteiger partial charge is 0.117 e. The van der Waals surface area contributed by atoms with Gasteiger partial charge in [0.2, 0.25) is 0 Å². The van der Waals surface area contributed by atoms with E-state index in [2.05, 4.69) is 22.8 Å². The third kappa shape index (κ3) is 3.18. The lowest BCUT2D eigenvalue weighted by molar-refractivity contribution is 0.483. The molecule has 0 bridgehead atoms. The summed E-state index contributed by atoms with van der Waals surface area (Å²) >= 11 is 1.77. The maximum Gasteiger partial charge on any atom is 0.117 e. The van der Waals surface area contributed by atoms with Gasteiger partial charge < -0.3 is 9.73 Å². The molecule has 0 aliphatic rings. The lowest BCUT2D eigenvalue weighted by Gasteiger charge is -1.98. The SMILES string of the molecule is Cl.c1coc(CNCc2cccs2)c1. The van der Waals surface area contributed by atoms with Gasteiger partial charge in [-0.05, 0) is 23.6 Å². The van der Waals surface area contributed by atoms with Gasteiger partial charge in [0, 0.05) is 11.4 Å². The van der Waals surface area contributed by atoms with Gasteiger partial charge in [-0.3, -0.25) is 0 Å². The van der Waals surface area contributed by atoms with Gasteiger partial charge in [0.25, 0.3) is 0 Å². The topological polar surface area (TPSA) is 25.2 Å². The summed E-state index contributed by atoms with van der Waals surface area (Å²) in [5.74, 6) is 0.983. The minimum Gasteiger partial charge on any atom is -0.468 e. The van der Waals surface area contributed by atoms with E-state index in [0.29, 0.717) is 0 Å². The van der Waals surface area contributed by atoms with Crippen molar-refractivity contribution in [3.05, 3.63) is 46.5 Å². The van der Waals surface area contributed by atoms with Gasteiger partial charge in [0.1, 0.15) is 5.76 Å². The molecule has 2 nitrogen and oxygen atoms in total.